The Bertz CT molecular complexity index is 320. The minimum Gasteiger partial charge on any atom is -0.481 e. The summed E-state index contributed by atoms with van der Waals surface area (Å²) in [6, 6.07) is 0. The molecule has 1 rings (SSSR count). The van der Waals surface area contributed by atoms with Gasteiger partial charge in [0.15, 0.2) is 0 Å². The van der Waals surface area contributed by atoms with Gasteiger partial charge in [0.1, 0.15) is 0 Å². The molecule has 1 aliphatic rings. The number of hydrogen-bond acceptors (Lipinski definition) is 3. The average Bonchev–Trinajstić information content (AvgIpc) is 2.12. The summed E-state index contributed by atoms with van der Waals surface area (Å²) in [6.07, 6.45) is 0.493. The monoisotopic (exact) mass is 263 g/mol. The smallest absolute Gasteiger partial charge is 0.308 e. The van der Waals surface area contributed by atoms with E-state index in [1.165, 1.54) is 0 Å². The lowest BCUT2D eigenvalue weighted by Crippen LogP contribution is -2.68. The lowest BCUT2D eigenvalue weighted by Gasteiger charge is -2.46. The highest BCUT2D eigenvalue weighted by molar-refractivity contribution is 7.84. The number of rotatable bonds is 5. The molecule has 0 spiro atoms. The summed E-state index contributed by atoms with van der Waals surface area (Å²) in [5.74, 6) is -1.43. The topological polar surface area (TPSA) is 75.6 Å². The Kier molecular flexibility index (Phi) is 4.33. The number of carbonyl (C=O) groups is 1. The van der Waals surface area contributed by atoms with E-state index in [0.29, 0.717) is 19.6 Å². The molecule has 17 heavy (non-hydrogen) atoms. The molecule has 0 amide bonds. The first-order chi connectivity index (χ1) is 7.73. The van der Waals surface area contributed by atoms with Gasteiger partial charge in [0, 0.05) is 0 Å². The molecule has 0 radical (unpaired) electrons. The number of carboxylic acids is 1. The summed E-state index contributed by atoms with van der Waals surface area (Å²) in [5, 5.41) is 9.20. The Hall–Kier alpha value is -0.460. The molecule has 2 atom stereocenters. The molecule has 0 bridgehead atoms. The molecular formula is C11H21NO4S. The largest absolute Gasteiger partial charge is 0.481 e. The van der Waals surface area contributed by atoms with Gasteiger partial charge in [0.2, 0.25) is 0 Å². The van der Waals surface area contributed by atoms with Crippen LogP contribution in [-0.2, 0) is 20.5 Å². The molecule has 1 saturated heterocycles. The molecule has 100 valence electrons. The van der Waals surface area contributed by atoms with Crippen molar-refractivity contribution in [2.75, 3.05) is 13.2 Å². The highest BCUT2D eigenvalue weighted by Crippen LogP contribution is 2.31. The van der Waals surface area contributed by atoms with Crippen LogP contribution < -0.4 is 4.72 Å². The Morgan fingerprint density at radius 1 is 1.53 bits per heavy atom. The summed E-state index contributed by atoms with van der Waals surface area (Å²) >= 11 is 0. The number of nitrogens with one attached hydrogen (secondary N) is 1. The van der Waals surface area contributed by atoms with Crippen LogP contribution >= 0.6 is 0 Å². The second kappa shape index (κ2) is 5.04. The minimum atomic E-state index is -1.29. The molecule has 0 aromatic rings. The van der Waals surface area contributed by atoms with Gasteiger partial charge in [-0.15, -0.1) is 0 Å². The molecule has 2 N–H and O–H groups in total. The van der Waals surface area contributed by atoms with Gasteiger partial charge >= 0.3 is 5.97 Å². The van der Waals surface area contributed by atoms with E-state index >= 15 is 0 Å². The summed E-state index contributed by atoms with van der Waals surface area (Å²) in [5.41, 5.74) is -0.682. The first-order valence-electron chi connectivity index (χ1n) is 5.73. The predicted octanol–water partition coefficient (Wildman–Crippen LogP) is 0.918. The van der Waals surface area contributed by atoms with Crippen molar-refractivity contribution in [3.05, 3.63) is 0 Å². The third kappa shape index (κ3) is 3.05. The first-order valence-corrected chi connectivity index (χ1v) is 6.88. The van der Waals surface area contributed by atoms with E-state index in [1.54, 1.807) is 0 Å². The van der Waals surface area contributed by atoms with E-state index in [-0.39, 0.29) is 0 Å². The van der Waals surface area contributed by atoms with Gasteiger partial charge in [0.25, 0.3) is 0 Å². The van der Waals surface area contributed by atoms with Crippen LogP contribution in [0.4, 0.5) is 0 Å². The van der Waals surface area contributed by atoms with Crippen molar-refractivity contribution in [2.24, 2.45) is 5.92 Å². The number of carboxylic acid groups (broad SMARTS) is 1. The molecule has 0 aromatic heterocycles. The molecule has 5 nitrogen and oxygen atoms in total. The van der Waals surface area contributed by atoms with Crippen LogP contribution in [-0.4, -0.2) is 38.8 Å². The summed E-state index contributed by atoms with van der Waals surface area (Å²) in [6.45, 7) is 7.99. The second-order valence-electron chi connectivity index (χ2n) is 5.43. The molecule has 0 unspecified atom stereocenters. The summed E-state index contributed by atoms with van der Waals surface area (Å²) in [4.78, 5) is 11.2. The second-order valence-corrected chi connectivity index (χ2v) is 7.40. The van der Waals surface area contributed by atoms with Crippen molar-refractivity contribution in [1.29, 1.82) is 0 Å². The maximum atomic E-state index is 12.1. The fourth-order valence-corrected chi connectivity index (χ4v) is 2.73. The zero-order chi connectivity index (χ0) is 13.3. The summed E-state index contributed by atoms with van der Waals surface area (Å²) in [7, 11) is -1.29. The third-order valence-corrected chi connectivity index (χ3v) is 4.65. The van der Waals surface area contributed by atoms with Gasteiger partial charge < -0.3 is 9.84 Å². The van der Waals surface area contributed by atoms with Crippen LogP contribution in [0.25, 0.3) is 0 Å². The van der Waals surface area contributed by atoms with Gasteiger partial charge in [-0.1, -0.05) is 6.92 Å². The minimum absolute atomic E-state index is 0.305. The number of ether oxygens (including phenoxy) is 1. The maximum absolute atomic E-state index is 12.1. The van der Waals surface area contributed by atoms with Crippen molar-refractivity contribution in [3.63, 3.8) is 0 Å². The normalized spacial score (nSPS) is 22.6. The molecule has 6 heteroatoms. The fraction of sp³-hybridized carbons (Fsp3) is 0.909. The quantitative estimate of drug-likeness (QED) is 0.773. The first kappa shape index (κ1) is 14.6. The van der Waals surface area contributed by atoms with Crippen molar-refractivity contribution in [3.8, 4) is 0 Å². The van der Waals surface area contributed by atoms with Crippen LogP contribution in [0, 0.1) is 5.92 Å². The van der Waals surface area contributed by atoms with Crippen LogP contribution in [0.2, 0.25) is 0 Å². The molecule has 0 aromatic carbocycles. The van der Waals surface area contributed by atoms with Crippen molar-refractivity contribution < 1.29 is 18.8 Å². The van der Waals surface area contributed by atoms with E-state index in [9.17, 15) is 14.1 Å². The molecule has 1 aliphatic heterocycles. The van der Waals surface area contributed by atoms with Gasteiger partial charge in [-0.3, -0.25) is 4.79 Å². The highest BCUT2D eigenvalue weighted by Gasteiger charge is 2.50. The number of hydrogen-bond donors (Lipinski definition) is 2. The van der Waals surface area contributed by atoms with E-state index in [1.807, 2.05) is 27.7 Å². The molecular weight excluding hydrogens is 242 g/mol. The van der Waals surface area contributed by atoms with Crippen molar-refractivity contribution in [2.45, 2.75) is 44.4 Å². The van der Waals surface area contributed by atoms with Gasteiger partial charge in [-0.25, -0.2) is 8.93 Å². The molecule has 1 fully saturated rings. The van der Waals surface area contributed by atoms with Crippen LogP contribution in [0.5, 0.6) is 0 Å². The lowest BCUT2D eigenvalue weighted by atomic mass is 9.81. The standard InChI is InChI=1S/C11H21NO4S/c1-5-8(9(13)14)11(6-16-7-11)12-17(15)10(2,3)4/h8,12H,5-7H2,1-4H3,(H,13,14)/t8-,17+/m1/s1. The predicted molar refractivity (Wildman–Crippen MR) is 66.0 cm³/mol. The average molecular weight is 263 g/mol. The van der Waals surface area contributed by atoms with E-state index in [0.717, 1.165) is 0 Å². The van der Waals surface area contributed by atoms with Crippen LogP contribution in [0.1, 0.15) is 34.1 Å². The van der Waals surface area contributed by atoms with E-state index in [4.69, 9.17) is 4.74 Å². The van der Waals surface area contributed by atoms with Crippen LogP contribution in [0.3, 0.4) is 0 Å². The number of aliphatic carboxylic acids is 1. The molecule has 0 saturated carbocycles. The maximum Gasteiger partial charge on any atom is 0.308 e. The third-order valence-electron chi connectivity index (χ3n) is 2.94. The van der Waals surface area contributed by atoms with Crippen LogP contribution in [0.15, 0.2) is 0 Å². The SMILES string of the molecule is CC[C@H](C(=O)O)C1(N[S@@](=O)C(C)(C)C)COC1. The molecule has 0 aliphatic carbocycles. The Labute approximate surface area is 105 Å². The zero-order valence-electron chi connectivity index (χ0n) is 10.8. The van der Waals surface area contributed by atoms with E-state index in [2.05, 4.69) is 4.72 Å². The van der Waals surface area contributed by atoms with Crippen molar-refractivity contribution >= 4 is 17.0 Å². The Balaban J connectivity index is 2.83. The molecule has 1 heterocycles. The fourth-order valence-electron chi connectivity index (χ4n) is 1.79. The van der Waals surface area contributed by atoms with Gasteiger partial charge in [-0.2, -0.15) is 0 Å². The Morgan fingerprint density at radius 2 is 2.06 bits per heavy atom. The zero-order valence-corrected chi connectivity index (χ0v) is 11.6. The van der Waals surface area contributed by atoms with Gasteiger partial charge in [0.05, 0.1) is 40.4 Å². The van der Waals surface area contributed by atoms with Gasteiger partial charge in [-0.05, 0) is 27.2 Å². The Morgan fingerprint density at radius 3 is 2.29 bits per heavy atom. The highest BCUT2D eigenvalue weighted by atomic mass is 32.2. The van der Waals surface area contributed by atoms with E-state index < -0.39 is 33.2 Å². The van der Waals surface area contributed by atoms with Crippen molar-refractivity contribution in [1.82, 2.24) is 4.72 Å². The summed E-state index contributed by atoms with van der Waals surface area (Å²) < 4.78 is 19.7. The lowest BCUT2D eigenvalue weighted by molar-refractivity contribution is -0.157.